The standard InChI is InChI=1S/C12H21NO3/c1-2-3-7-13-11(14)9-5-4-6-10(8-9)12(15)16/h9-10H,2-8H2,1H3,(H,13,14)(H,15,16). The van der Waals surface area contributed by atoms with Crippen LogP contribution in [-0.2, 0) is 9.59 Å². The highest BCUT2D eigenvalue weighted by Gasteiger charge is 2.30. The number of carbonyl (C=O) groups is 2. The second-order valence-corrected chi connectivity index (χ2v) is 4.54. The zero-order chi connectivity index (χ0) is 12.0. The predicted molar refractivity (Wildman–Crippen MR) is 61.0 cm³/mol. The Balaban J connectivity index is 2.35. The maximum atomic E-state index is 11.7. The molecule has 0 aliphatic heterocycles. The first-order valence-corrected chi connectivity index (χ1v) is 6.15. The predicted octanol–water partition coefficient (Wildman–Crippen LogP) is 1.79. The van der Waals surface area contributed by atoms with Crippen molar-refractivity contribution in [3.63, 3.8) is 0 Å². The van der Waals surface area contributed by atoms with Crippen LogP contribution in [0.5, 0.6) is 0 Å². The van der Waals surface area contributed by atoms with Crippen molar-refractivity contribution in [1.82, 2.24) is 5.32 Å². The second-order valence-electron chi connectivity index (χ2n) is 4.54. The maximum Gasteiger partial charge on any atom is 0.306 e. The highest BCUT2D eigenvalue weighted by atomic mass is 16.4. The Morgan fingerprint density at radius 3 is 2.62 bits per heavy atom. The molecule has 0 aromatic heterocycles. The van der Waals surface area contributed by atoms with Crippen LogP contribution in [-0.4, -0.2) is 23.5 Å². The van der Waals surface area contributed by atoms with Crippen LogP contribution in [0.4, 0.5) is 0 Å². The van der Waals surface area contributed by atoms with E-state index in [4.69, 9.17) is 5.11 Å². The van der Waals surface area contributed by atoms with Gasteiger partial charge >= 0.3 is 5.97 Å². The third kappa shape index (κ3) is 3.83. The molecule has 1 aliphatic rings. The van der Waals surface area contributed by atoms with Gasteiger partial charge in [-0.25, -0.2) is 0 Å². The van der Waals surface area contributed by atoms with Crippen molar-refractivity contribution in [2.24, 2.45) is 11.8 Å². The van der Waals surface area contributed by atoms with Gasteiger partial charge in [0.1, 0.15) is 0 Å². The van der Waals surface area contributed by atoms with Gasteiger partial charge in [0.15, 0.2) is 0 Å². The Hall–Kier alpha value is -1.06. The molecule has 1 amide bonds. The van der Waals surface area contributed by atoms with Gasteiger partial charge in [-0.05, 0) is 25.7 Å². The Labute approximate surface area is 96.4 Å². The third-order valence-corrected chi connectivity index (χ3v) is 3.22. The van der Waals surface area contributed by atoms with Crippen LogP contribution in [0.3, 0.4) is 0 Å². The first kappa shape index (κ1) is 13.0. The fourth-order valence-corrected chi connectivity index (χ4v) is 2.18. The van der Waals surface area contributed by atoms with Crippen molar-refractivity contribution in [1.29, 1.82) is 0 Å². The Bertz CT molecular complexity index is 253. The van der Waals surface area contributed by atoms with Crippen molar-refractivity contribution in [2.75, 3.05) is 6.54 Å². The van der Waals surface area contributed by atoms with Crippen molar-refractivity contribution in [2.45, 2.75) is 45.4 Å². The summed E-state index contributed by atoms with van der Waals surface area (Å²) in [5.74, 6) is -1.13. The first-order chi connectivity index (χ1) is 7.65. The minimum absolute atomic E-state index is 0.0411. The molecular weight excluding hydrogens is 206 g/mol. The normalized spacial score (nSPS) is 25.1. The molecule has 4 nitrogen and oxygen atoms in total. The Morgan fingerprint density at radius 2 is 2.00 bits per heavy atom. The Kier molecular flexibility index (Phi) is 5.29. The highest BCUT2D eigenvalue weighted by Crippen LogP contribution is 2.29. The van der Waals surface area contributed by atoms with Crippen LogP contribution in [0, 0.1) is 11.8 Å². The van der Waals surface area contributed by atoms with E-state index in [-0.39, 0.29) is 17.7 Å². The lowest BCUT2D eigenvalue weighted by Gasteiger charge is -2.25. The molecular formula is C12H21NO3. The van der Waals surface area contributed by atoms with Gasteiger partial charge in [-0.15, -0.1) is 0 Å². The van der Waals surface area contributed by atoms with E-state index >= 15 is 0 Å². The van der Waals surface area contributed by atoms with Crippen LogP contribution < -0.4 is 5.32 Å². The number of hydrogen-bond acceptors (Lipinski definition) is 2. The number of carboxylic acid groups (broad SMARTS) is 1. The molecule has 2 unspecified atom stereocenters. The van der Waals surface area contributed by atoms with Gasteiger partial charge in [0.2, 0.25) is 5.91 Å². The molecule has 2 atom stereocenters. The minimum atomic E-state index is -0.758. The van der Waals surface area contributed by atoms with E-state index in [1.54, 1.807) is 0 Å². The third-order valence-electron chi connectivity index (χ3n) is 3.22. The molecule has 1 saturated carbocycles. The summed E-state index contributed by atoms with van der Waals surface area (Å²) in [5, 5.41) is 11.8. The van der Waals surface area contributed by atoms with E-state index in [0.29, 0.717) is 19.4 Å². The monoisotopic (exact) mass is 227 g/mol. The van der Waals surface area contributed by atoms with E-state index in [1.165, 1.54) is 0 Å². The second kappa shape index (κ2) is 6.51. The fraction of sp³-hybridized carbons (Fsp3) is 0.833. The average Bonchev–Trinajstić information content (AvgIpc) is 2.29. The first-order valence-electron chi connectivity index (χ1n) is 6.15. The number of nitrogens with one attached hydrogen (secondary N) is 1. The maximum absolute atomic E-state index is 11.7. The fourth-order valence-electron chi connectivity index (χ4n) is 2.18. The number of carbonyl (C=O) groups excluding carboxylic acids is 1. The number of carboxylic acids is 1. The molecule has 0 aromatic rings. The van der Waals surface area contributed by atoms with E-state index < -0.39 is 5.97 Å². The Morgan fingerprint density at radius 1 is 1.31 bits per heavy atom. The number of unbranched alkanes of at least 4 members (excludes halogenated alkanes) is 1. The summed E-state index contributed by atoms with van der Waals surface area (Å²) < 4.78 is 0. The molecule has 0 bridgehead atoms. The molecule has 1 rings (SSSR count). The van der Waals surface area contributed by atoms with E-state index in [9.17, 15) is 9.59 Å². The van der Waals surface area contributed by atoms with E-state index in [0.717, 1.165) is 25.7 Å². The van der Waals surface area contributed by atoms with Gasteiger partial charge in [-0.2, -0.15) is 0 Å². The lowest BCUT2D eigenvalue weighted by Crippen LogP contribution is -2.35. The number of rotatable bonds is 5. The molecule has 1 aliphatic carbocycles. The summed E-state index contributed by atoms with van der Waals surface area (Å²) in [4.78, 5) is 22.6. The largest absolute Gasteiger partial charge is 0.481 e. The van der Waals surface area contributed by atoms with Gasteiger partial charge in [-0.3, -0.25) is 9.59 Å². The number of hydrogen-bond donors (Lipinski definition) is 2. The van der Waals surface area contributed by atoms with Crippen LogP contribution in [0.15, 0.2) is 0 Å². The van der Waals surface area contributed by atoms with E-state index in [2.05, 4.69) is 12.2 Å². The molecule has 0 radical (unpaired) electrons. The number of aliphatic carboxylic acids is 1. The zero-order valence-corrected chi connectivity index (χ0v) is 9.87. The smallest absolute Gasteiger partial charge is 0.306 e. The summed E-state index contributed by atoms with van der Waals surface area (Å²) in [7, 11) is 0. The molecule has 92 valence electrons. The van der Waals surface area contributed by atoms with Crippen molar-refractivity contribution in [3.05, 3.63) is 0 Å². The average molecular weight is 227 g/mol. The lowest BCUT2D eigenvalue weighted by molar-refractivity contribution is -0.144. The molecule has 4 heteroatoms. The molecule has 0 spiro atoms. The van der Waals surface area contributed by atoms with Crippen LogP contribution >= 0.6 is 0 Å². The van der Waals surface area contributed by atoms with Gasteiger partial charge in [0, 0.05) is 12.5 Å². The SMILES string of the molecule is CCCCNC(=O)C1CCCC(C(=O)O)C1. The van der Waals surface area contributed by atoms with Crippen LogP contribution in [0.2, 0.25) is 0 Å². The lowest BCUT2D eigenvalue weighted by atomic mass is 9.81. The topological polar surface area (TPSA) is 66.4 Å². The molecule has 1 fully saturated rings. The minimum Gasteiger partial charge on any atom is -0.481 e. The summed E-state index contributed by atoms with van der Waals surface area (Å²) in [5.41, 5.74) is 0. The number of amides is 1. The quantitative estimate of drug-likeness (QED) is 0.704. The van der Waals surface area contributed by atoms with Crippen LogP contribution in [0.25, 0.3) is 0 Å². The van der Waals surface area contributed by atoms with E-state index in [1.807, 2.05) is 0 Å². The van der Waals surface area contributed by atoms with Crippen molar-refractivity contribution >= 4 is 11.9 Å². The molecule has 2 N–H and O–H groups in total. The van der Waals surface area contributed by atoms with Crippen molar-refractivity contribution in [3.8, 4) is 0 Å². The molecule has 0 heterocycles. The molecule has 0 aromatic carbocycles. The van der Waals surface area contributed by atoms with Gasteiger partial charge in [-0.1, -0.05) is 19.8 Å². The summed E-state index contributed by atoms with van der Waals surface area (Å²) >= 11 is 0. The summed E-state index contributed by atoms with van der Waals surface area (Å²) in [6.07, 6.45) is 4.95. The molecule has 16 heavy (non-hydrogen) atoms. The summed E-state index contributed by atoms with van der Waals surface area (Å²) in [6, 6.07) is 0. The van der Waals surface area contributed by atoms with Gasteiger partial charge < -0.3 is 10.4 Å². The van der Waals surface area contributed by atoms with Crippen LogP contribution in [0.1, 0.15) is 45.4 Å². The van der Waals surface area contributed by atoms with Gasteiger partial charge in [0.05, 0.1) is 5.92 Å². The zero-order valence-electron chi connectivity index (χ0n) is 9.87. The molecule has 0 saturated heterocycles. The summed E-state index contributed by atoms with van der Waals surface area (Å²) in [6.45, 7) is 2.79. The van der Waals surface area contributed by atoms with Gasteiger partial charge in [0.25, 0.3) is 0 Å². The highest BCUT2D eigenvalue weighted by molar-refractivity contribution is 5.80. The van der Waals surface area contributed by atoms with Crippen molar-refractivity contribution < 1.29 is 14.7 Å².